The van der Waals surface area contributed by atoms with E-state index in [0.717, 1.165) is 18.4 Å². The lowest BCUT2D eigenvalue weighted by Gasteiger charge is -2.15. The fourth-order valence-electron chi connectivity index (χ4n) is 1.95. The molecule has 0 heterocycles. The van der Waals surface area contributed by atoms with Gasteiger partial charge in [-0.05, 0) is 30.5 Å². The number of aliphatic hydroxyl groups is 1. The smallest absolute Gasteiger partial charge is 0.134 e. The molecule has 2 rings (SSSR count). The van der Waals surface area contributed by atoms with E-state index in [1.165, 1.54) is 0 Å². The zero-order valence-electron chi connectivity index (χ0n) is 8.33. The maximum absolute atomic E-state index is 9.51. The van der Waals surface area contributed by atoms with Crippen molar-refractivity contribution in [2.75, 3.05) is 0 Å². The van der Waals surface area contributed by atoms with Crippen LogP contribution in [-0.4, -0.2) is 10.2 Å². The molecular weight excluding hydrogens is 212 g/mol. The first kappa shape index (κ1) is 10.4. The molecule has 15 heavy (non-hydrogen) atoms. The highest BCUT2D eigenvalue weighted by Crippen LogP contribution is 2.53. The van der Waals surface area contributed by atoms with Gasteiger partial charge in [-0.25, -0.2) is 0 Å². The second kappa shape index (κ2) is 3.46. The van der Waals surface area contributed by atoms with Crippen LogP contribution in [0.4, 0.5) is 0 Å². The number of aromatic hydroxyl groups is 1. The van der Waals surface area contributed by atoms with E-state index in [2.05, 4.69) is 6.58 Å². The minimum Gasteiger partial charge on any atom is -0.513 e. The molecule has 1 aromatic rings. The lowest BCUT2D eigenvalue weighted by molar-refractivity contribution is 0.371. The summed E-state index contributed by atoms with van der Waals surface area (Å²) in [6.45, 7) is 3.51. The van der Waals surface area contributed by atoms with Gasteiger partial charge in [-0.1, -0.05) is 24.2 Å². The molecule has 0 aromatic heterocycles. The molecule has 0 saturated heterocycles. The number of phenolic OH excluding ortho intramolecular Hbond substituents is 1. The highest BCUT2D eigenvalue weighted by atomic mass is 35.5. The van der Waals surface area contributed by atoms with Crippen LogP contribution in [0.15, 0.2) is 30.5 Å². The number of aliphatic hydroxyl groups excluding tert-OH is 1. The summed E-state index contributed by atoms with van der Waals surface area (Å²) in [6.07, 6.45) is 2.61. The van der Waals surface area contributed by atoms with Crippen LogP contribution in [0.3, 0.4) is 0 Å². The third kappa shape index (κ3) is 1.95. The van der Waals surface area contributed by atoms with Gasteiger partial charge in [0.2, 0.25) is 0 Å². The Balaban J connectivity index is 2.29. The second-order valence-corrected chi connectivity index (χ2v) is 4.60. The number of allylic oxidation sites excluding steroid dienone is 1. The fourth-order valence-corrected chi connectivity index (χ4v) is 2.07. The summed E-state index contributed by atoms with van der Waals surface area (Å²) in [6, 6.07) is 5.27. The average Bonchev–Trinajstić information content (AvgIpc) is 2.89. The average molecular weight is 225 g/mol. The first-order chi connectivity index (χ1) is 7.03. The van der Waals surface area contributed by atoms with Crippen molar-refractivity contribution in [2.45, 2.75) is 24.7 Å². The summed E-state index contributed by atoms with van der Waals surface area (Å²) in [4.78, 5) is 0. The van der Waals surface area contributed by atoms with Crippen LogP contribution in [0.5, 0.6) is 5.75 Å². The highest BCUT2D eigenvalue weighted by molar-refractivity contribution is 6.32. The Bertz CT molecular complexity index is 408. The van der Waals surface area contributed by atoms with Gasteiger partial charge in [0.05, 0.1) is 10.8 Å². The van der Waals surface area contributed by atoms with Crippen molar-refractivity contribution in [3.8, 4) is 5.75 Å². The van der Waals surface area contributed by atoms with Crippen molar-refractivity contribution in [1.82, 2.24) is 0 Å². The Morgan fingerprint density at radius 1 is 1.47 bits per heavy atom. The fraction of sp³-hybridized carbons (Fsp3) is 0.333. The second-order valence-electron chi connectivity index (χ2n) is 4.19. The number of hydrogen-bond acceptors (Lipinski definition) is 2. The van der Waals surface area contributed by atoms with E-state index < -0.39 is 0 Å². The predicted octanol–water partition coefficient (Wildman–Crippen LogP) is 3.54. The maximum atomic E-state index is 9.51. The Hall–Kier alpha value is -1.15. The largest absolute Gasteiger partial charge is 0.513 e. The van der Waals surface area contributed by atoms with E-state index >= 15 is 0 Å². The molecule has 1 aliphatic carbocycles. The van der Waals surface area contributed by atoms with Gasteiger partial charge in [-0.3, -0.25) is 0 Å². The van der Waals surface area contributed by atoms with Crippen molar-refractivity contribution in [1.29, 1.82) is 0 Å². The molecule has 0 atom stereocenters. The van der Waals surface area contributed by atoms with E-state index in [1.54, 1.807) is 12.1 Å². The first-order valence-electron chi connectivity index (χ1n) is 4.89. The number of hydrogen-bond donors (Lipinski definition) is 2. The number of phenols is 1. The monoisotopic (exact) mass is 224 g/mol. The predicted molar refractivity (Wildman–Crippen MR) is 60.4 cm³/mol. The van der Waals surface area contributed by atoms with E-state index in [9.17, 15) is 10.2 Å². The summed E-state index contributed by atoms with van der Waals surface area (Å²) < 4.78 is 0. The number of benzene rings is 1. The minimum absolute atomic E-state index is 0.0199. The van der Waals surface area contributed by atoms with Gasteiger partial charge in [0.15, 0.2) is 0 Å². The van der Waals surface area contributed by atoms with Crippen LogP contribution < -0.4 is 0 Å². The van der Waals surface area contributed by atoms with Crippen LogP contribution in [0, 0.1) is 0 Å². The number of halogens is 1. The summed E-state index contributed by atoms with van der Waals surface area (Å²) in [5.74, 6) is 0.297. The molecule has 0 aliphatic heterocycles. The molecule has 2 N–H and O–H groups in total. The first-order valence-corrected chi connectivity index (χ1v) is 5.27. The molecule has 1 aliphatic rings. The van der Waals surface area contributed by atoms with E-state index in [0.29, 0.717) is 11.4 Å². The van der Waals surface area contributed by atoms with Crippen LogP contribution in [0.25, 0.3) is 0 Å². The van der Waals surface area contributed by atoms with Gasteiger partial charge < -0.3 is 10.2 Å². The molecule has 3 heteroatoms. The van der Waals surface area contributed by atoms with Gasteiger partial charge in [0, 0.05) is 11.8 Å². The number of rotatable bonds is 3. The molecule has 0 unspecified atom stereocenters. The quantitative estimate of drug-likeness (QED) is 0.771. The lowest BCUT2D eigenvalue weighted by Crippen LogP contribution is -2.07. The third-order valence-corrected chi connectivity index (χ3v) is 3.27. The van der Waals surface area contributed by atoms with E-state index in [1.807, 2.05) is 6.07 Å². The van der Waals surface area contributed by atoms with Crippen molar-refractivity contribution in [3.05, 3.63) is 41.1 Å². The summed E-state index contributed by atoms with van der Waals surface area (Å²) in [5.41, 5.74) is 1.01. The molecule has 0 spiro atoms. The molecule has 80 valence electrons. The topological polar surface area (TPSA) is 40.5 Å². The van der Waals surface area contributed by atoms with Crippen LogP contribution in [0.2, 0.25) is 5.02 Å². The van der Waals surface area contributed by atoms with Crippen LogP contribution >= 0.6 is 11.6 Å². The van der Waals surface area contributed by atoms with Crippen molar-refractivity contribution in [2.24, 2.45) is 0 Å². The Kier molecular flexibility index (Phi) is 2.39. The summed E-state index contributed by atoms with van der Waals surface area (Å²) in [7, 11) is 0. The zero-order valence-corrected chi connectivity index (χ0v) is 9.09. The van der Waals surface area contributed by atoms with Gasteiger partial charge in [-0.2, -0.15) is 0 Å². The van der Waals surface area contributed by atoms with Crippen molar-refractivity contribution in [3.63, 3.8) is 0 Å². The lowest BCUT2D eigenvalue weighted by atomic mass is 9.91. The third-order valence-electron chi connectivity index (χ3n) is 2.95. The molecule has 0 amide bonds. The standard InChI is InChI=1S/C12H13ClO2/c1-8(14)7-12(4-5-12)9-2-3-10(13)11(15)6-9/h2-3,6,14-15H,1,4-5,7H2. The van der Waals surface area contributed by atoms with Gasteiger partial charge in [0.25, 0.3) is 0 Å². The summed E-state index contributed by atoms with van der Waals surface area (Å²) in [5, 5.41) is 19.1. The summed E-state index contributed by atoms with van der Waals surface area (Å²) >= 11 is 5.74. The molecule has 0 radical (unpaired) electrons. The Morgan fingerprint density at radius 2 is 2.13 bits per heavy atom. The van der Waals surface area contributed by atoms with Crippen LogP contribution in [0.1, 0.15) is 24.8 Å². The van der Waals surface area contributed by atoms with Gasteiger partial charge in [-0.15, -0.1) is 0 Å². The Morgan fingerprint density at radius 3 is 2.60 bits per heavy atom. The zero-order chi connectivity index (χ0) is 11.1. The van der Waals surface area contributed by atoms with E-state index in [-0.39, 0.29) is 16.9 Å². The van der Waals surface area contributed by atoms with E-state index in [4.69, 9.17) is 11.6 Å². The van der Waals surface area contributed by atoms with Crippen molar-refractivity contribution < 1.29 is 10.2 Å². The minimum atomic E-state index is -0.0199. The van der Waals surface area contributed by atoms with Gasteiger partial charge >= 0.3 is 0 Å². The SMILES string of the molecule is C=C(O)CC1(c2ccc(Cl)c(O)c2)CC1. The van der Waals surface area contributed by atoms with Gasteiger partial charge in [0.1, 0.15) is 5.75 Å². The molecule has 0 bridgehead atoms. The normalized spacial score (nSPS) is 17.4. The maximum Gasteiger partial charge on any atom is 0.134 e. The molecular formula is C12H13ClO2. The molecule has 1 saturated carbocycles. The van der Waals surface area contributed by atoms with Crippen LogP contribution in [-0.2, 0) is 5.41 Å². The molecule has 1 fully saturated rings. The molecule has 1 aromatic carbocycles. The Labute approximate surface area is 93.8 Å². The highest BCUT2D eigenvalue weighted by Gasteiger charge is 2.44. The van der Waals surface area contributed by atoms with Crippen molar-refractivity contribution >= 4 is 11.6 Å². The molecule has 2 nitrogen and oxygen atoms in total.